The lowest BCUT2D eigenvalue weighted by Crippen LogP contribution is -2.07. The molecule has 2 aromatic carbocycles. The molecule has 0 saturated carbocycles. The van der Waals surface area contributed by atoms with Crippen molar-refractivity contribution in [1.29, 1.82) is 0 Å². The molecule has 2 aromatic rings. The molecule has 4 rings (SSSR count). The third-order valence-electron chi connectivity index (χ3n) is 3.36. The summed E-state index contributed by atoms with van der Waals surface area (Å²) in [6.07, 6.45) is 2.40. The summed E-state index contributed by atoms with van der Waals surface area (Å²) in [6.45, 7) is 0. The predicted octanol–water partition coefficient (Wildman–Crippen LogP) is 4.57. The van der Waals surface area contributed by atoms with E-state index in [0.717, 1.165) is 0 Å². The number of benzene rings is 2. The first-order chi connectivity index (χ1) is 7.93. The first-order valence-electron chi connectivity index (χ1n) is 5.52. The second-order valence-corrected chi connectivity index (χ2v) is 6.46. The first kappa shape index (κ1) is 9.20. The lowest BCUT2D eigenvalue weighted by Gasteiger charge is -2.27. The molecule has 1 aliphatic carbocycles. The van der Waals surface area contributed by atoms with Gasteiger partial charge in [-0.25, -0.2) is 0 Å². The Bertz CT molecular complexity index is 489. The van der Waals surface area contributed by atoms with Crippen LogP contribution in [-0.2, 0) is 12.8 Å². The van der Waals surface area contributed by atoms with Crippen molar-refractivity contribution in [3.05, 3.63) is 47.5 Å². The van der Waals surface area contributed by atoms with Gasteiger partial charge in [-0.1, -0.05) is 45.9 Å². The van der Waals surface area contributed by atoms with E-state index in [1.165, 1.54) is 44.9 Å². The topological polar surface area (TPSA) is 0 Å². The monoisotopic (exact) mass is 242 g/mol. The molecule has 0 spiro atoms. The van der Waals surface area contributed by atoms with E-state index >= 15 is 0 Å². The van der Waals surface area contributed by atoms with Crippen LogP contribution in [0.1, 0.15) is 11.1 Å². The van der Waals surface area contributed by atoms with Crippen molar-refractivity contribution >= 4 is 21.6 Å². The molecule has 0 radical (unpaired) electrons. The Morgan fingerprint density at radius 1 is 0.688 bits per heavy atom. The van der Waals surface area contributed by atoms with E-state index in [0.29, 0.717) is 0 Å². The summed E-state index contributed by atoms with van der Waals surface area (Å²) in [4.78, 5) is 2.89. The Hall–Kier alpha value is -0.860. The van der Waals surface area contributed by atoms with Gasteiger partial charge in [0.2, 0.25) is 0 Å². The van der Waals surface area contributed by atoms with Crippen LogP contribution in [0, 0.1) is 0 Å². The third-order valence-corrected chi connectivity index (χ3v) is 5.81. The fourth-order valence-electron chi connectivity index (χ4n) is 2.64. The van der Waals surface area contributed by atoms with Gasteiger partial charge < -0.3 is 0 Å². The number of rotatable bonds is 0. The SMILES string of the molecule is c1cc2c3c(c1)SSc1cccc(c1-3)CC2. The van der Waals surface area contributed by atoms with Crippen LogP contribution in [0.4, 0.5) is 0 Å². The van der Waals surface area contributed by atoms with Gasteiger partial charge in [-0.15, -0.1) is 0 Å². The number of hydrogen-bond donors (Lipinski definition) is 0. The standard InChI is InChI=1S/C14H10S2/c1-3-9-7-8-10-4-2-6-12-14(10)13(9)11(5-1)15-16-12/h1-6H,7-8H2. The first-order valence-corrected chi connectivity index (χ1v) is 7.67. The summed E-state index contributed by atoms with van der Waals surface area (Å²) >= 11 is 0. The summed E-state index contributed by atoms with van der Waals surface area (Å²) < 4.78 is 0. The summed E-state index contributed by atoms with van der Waals surface area (Å²) in [5.41, 5.74) is 6.10. The van der Waals surface area contributed by atoms with E-state index in [1.54, 1.807) is 0 Å². The van der Waals surface area contributed by atoms with Crippen LogP contribution in [-0.4, -0.2) is 0 Å². The molecule has 2 aliphatic rings. The maximum Gasteiger partial charge on any atom is 0.0268 e. The van der Waals surface area contributed by atoms with E-state index < -0.39 is 0 Å². The average molecular weight is 242 g/mol. The maximum absolute atomic E-state index is 2.29. The average Bonchev–Trinajstić information content (AvgIpc) is 2.36. The van der Waals surface area contributed by atoms with Gasteiger partial charge >= 0.3 is 0 Å². The van der Waals surface area contributed by atoms with Crippen molar-refractivity contribution in [2.45, 2.75) is 22.6 Å². The zero-order chi connectivity index (χ0) is 10.5. The summed E-state index contributed by atoms with van der Waals surface area (Å²) in [5.74, 6) is 0. The molecule has 0 saturated heterocycles. The fourth-order valence-corrected chi connectivity index (χ4v) is 5.09. The van der Waals surface area contributed by atoms with Crippen molar-refractivity contribution in [2.75, 3.05) is 0 Å². The highest BCUT2D eigenvalue weighted by atomic mass is 33.1. The summed E-state index contributed by atoms with van der Waals surface area (Å²) in [5, 5.41) is 0. The van der Waals surface area contributed by atoms with Crippen LogP contribution in [0.25, 0.3) is 11.1 Å². The fraction of sp³-hybridized carbons (Fsp3) is 0.143. The summed E-state index contributed by atoms with van der Waals surface area (Å²) in [6, 6.07) is 13.5. The number of hydrogen-bond acceptors (Lipinski definition) is 2. The van der Waals surface area contributed by atoms with Crippen molar-refractivity contribution in [2.24, 2.45) is 0 Å². The molecule has 0 aromatic heterocycles. The molecule has 1 aliphatic heterocycles. The largest absolute Gasteiger partial charge is 0.0608 e. The van der Waals surface area contributed by atoms with Gasteiger partial charge in [0.1, 0.15) is 0 Å². The highest BCUT2D eigenvalue weighted by molar-refractivity contribution is 8.76. The van der Waals surface area contributed by atoms with Gasteiger partial charge in [0, 0.05) is 20.9 Å². The Balaban J connectivity index is 2.15. The second-order valence-electron chi connectivity index (χ2n) is 4.25. The normalized spacial score (nSPS) is 15.8. The molecule has 0 N–H and O–H groups in total. The molecule has 0 unspecified atom stereocenters. The molecular weight excluding hydrogens is 232 g/mol. The molecule has 0 nitrogen and oxygen atoms in total. The Kier molecular flexibility index (Phi) is 1.91. The molecule has 0 bridgehead atoms. The molecule has 16 heavy (non-hydrogen) atoms. The van der Waals surface area contributed by atoms with E-state index in [-0.39, 0.29) is 0 Å². The van der Waals surface area contributed by atoms with E-state index in [2.05, 4.69) is 36.4 Å². The second kappa shape index (κ2) is 3.31. The van der Waals surface area contributed by atoms with Crippen molar-refractivity contribution < 1.29 is 0 Å². The van der Waals surface area contributed by atoms with Gasteiger partial charge in [-0.05, 0) is 36.1 Å². The Morgan fingerprint density at radius 3 is 1.69 bits per heavy atom. The van der Waals surface area contributed by atoms with E-state index in [1.807, 2.05) is 21.6 Å². The van der Waals surface area contributed by atoms with Gasteiger partial charge in [-0.3, -0.25) is 0 Å². The molecule has 0 fully saturated rings. The molecule has 0 amide bonds. The Labute approximate surface area is 103 Å². The highest BCUT2D eigenvalue weighted by Crippen LogP contribution is 2.54. The zero-order valence-corrected chi connectivity index (χ0v) is 10.3. The lowest BCUT2D eigenvalue weighted by atomic mass is 9.85. The molecule has 0 atom stereocenters. The Morgan fingerprint density at radius 2 is 1.19 bits per heavy atom. The zero-order valence-electron chi connectivity index (χ0n) is 8.69. The minimum atomic E-state index is 1.20. The maximum atomic E-state index is 2.29. The molecule has 78 valence electrons. The quantitative estimate of drug-likeness (QED) is 0.621. The van der Waals surface area contributed by atoms with Crippen molar-refractivity contribution in [1.82, 2.24) is 0 Å². The minimum Gasteiger partial charge on any atom is -0.0608 e. The van der Waals surface area contributed by atoms with Gasteiger partial charge in [0.05, 0.1) is 0 Å². The van der Waals surface area contributed by atoms with Crippen LogP contribution in [0.15, 0.2) is 46.2 Å². The van der Waals surface area contributed by atoms with Crippen LogP contribution in [0.2, 0.25) is 0 Å². The van der Waals surface area contributed by atoms with Crippen LogP contribution in [0.3, 0.4) is 0 Å². The minimum absolute atomic E-state index is 1.20. The molecular formula is C14H10S2. The van der Waals surface area contributed by atoms with E-state index in [9.17, 15) is 0 Å². The van der Waals surface area contributed by atoms with E-state index in [4.69, 9.17) is 0 Å². The van der Waals surface area contributed by atoms with Gasteiger partial charge in [0.25, 0.3) is 0 Å². The third kappa shape index (κ3) is 1.14. The lowest BCUT2D eigenvalue weighted by molar-refractivity contribution is 0.926. The van der Waals surface area contributed by atoms with Gasteiger partial charge in [0.15, 0.2) is 0 Å². The molecule has 2 heteroatoms. The van der Waals surface area contributed by atoms with Crippen LogP contribution < -0.4 is 0 Å². The van der Waals surface area contributed by atoms with Crippen molar-refractivity contribution in [3.8, 4) is 11.1 Å². The smallest absolute Gasteiger partial charge is 0.0268 e. The van der Waals surface area contributed by atoms with Crippen molar-refractivity contribution in [3.63, 3.8) is 0 Å². The van der Waals surface area contributed by atoms with Gasteiger partial charge in [-0.2, -0.15) is 0 Å². The van der Waals surface area contributed by atoms with Crippen LogP contribution in [0.5, 0.6) is 0 Å². The number of aryl methyl sites for hydroxylation is 2. The molecule has 1 heterocycles. The van der Waals surface area contributed by atoms with Crippen LogP contribution >= 0.6 is 21.6 Å². The predicted molar refractivity (Wildman–Crippen MR) is 71.0 cm³/mol. The highest BCUT2D eigenvalue weighted by Gasteiger charge is 2.25. The summed E-state index contributed by atoms with van der Waals surface area (Å²) in [7, 11) is 3.81.